The van der Waals surface area contributed by atoms with Crippen LogP contribution in [0.15, 0.2) is 18.2 Å². The van der Waals surface area contributed by atoms with Gasteiger partial charge in [-0.25, -0.2) is 0 Å². The predicted octanol–water partition coefficient (Wildman–Crippen LogP) is 1.10. The summed E-state index contributed by atoms with van der Waals surface area (Å²) in [5.74, 6) is 1.65. The average Bonchev–Trinajstić information content (AvgIpc) is 2.38. The van der Waals surface area contributed by atoms with E-state index in [0.29, 0.717) is 19.8 Å². The number of aryl methyl sites for hydroxylation is 1. The molecule has 0 saturated carbocycles. The molecule has 2 rings (SSSR count). The molecule has 0 spiro atoms. The standard InChI is InChI=1S/C13H19NO3/c14-9-11(15)3-1-2-10-4-5-12-13(8-10)17-7-6-16-12/h4-5,8,11,15H,1-3,6-7,9,14H2. The van der Waals surface area contributed by atoms with Crippen molar-refractivity contribution >= 4 is 0 Å². The maximum Gasteiger partial charge on any atom is 0.161 e. The van der Waals surface area contributed by atoms with Crippen LogP contribution in [0.5, 0.6) is 11.5 Å². The molecule has 17 heavy (non-hydrogen) atoms. The molecule has 0 aromatic heterocycles. The molecule has 1 aliphatic rings. The van der Waals surface area contributed by atoms with E-state index in [1.807, 2.05) is 18.2 Å². The fraction of sp³-hybridized carbons (Fsp3) is 0.538. The van der Waals surface area contributed by atoms with Crippen molar-refractivity contribution in [3.05, 3.63) is 23.8 Å². The van der Waals surface area contributed by atoms with Gasteiger partial charge in [0.15, 0.2) is 11.5 Å². The first-order chi connectivity index (χ1) is 8.29. The number of hydrogen-bond donors (Lipinski definition) is 2. The van der Waals surface area contributed by atoms with Crippen LogP contribution in [-0.4, -0.2) is 31.0 Å². The van der Waals surface area contributed by atoms with E-state index in [0.717, 1.165) is 30.8 Å². The molecule has 1 aliphatic heterocycles. The summed E-state index contributed by atoms with van der Waals surface area (Å²) in [6, 6.07) is 6.01. The number of aliphatic hydroxyl groups is 1. The number of nitrogens with two attached hydrogens (primary N) is 1. The maximum absolute atomic E-state index is 9.36. The van der Waals surface area contributed by atoms with Gasteiger partial charge in [0.1, 0.15) is 13.2 Å². The van der Waals surface area contributed by atoms with E-state index in [9.17, 15) is 5.11 Å². The summed E-state index contributed by atoms with van der Waals surface area (Å²) in [7, 11) is 0. The molecule has 0 bridgehead atoms. The van der Waals surface area contributed by atoms with Crippen molar-refractivity contribution in [2.45, 2.75) is 25.4 Å². The van der Waals surface area contributed by atoms with Gasteiger partial charge in [0.05, 0.1) is 6.10 Å². The Morgan fingerprint density at radius 3 is 2.76 bits per heavy atom. The van der Waals surface area contributed by atoms with Crippen molar-refractivity contribution in [1.82, 2.24) is 0 Å². The Morgan fingerprint density at radius 1 is 1.24 bits per heavy atom. The van der Waals surface area contributed by atoms with Gasteiger partial charge in [-0.15, -0.1) is 0 Å². The van der Waals surface area contributed by atoms with Crippen LogP contribution >= 0.6 is 0 Å². The molecule has 0 saturated heterocycles. The summed E-state index contributed by atoms with van der Waals surface area (Å²) in [4.78, 5) is 0. The fourth-order valence-electron chi connectivity index (χ4n) is 1.90. The summed E-state index contributed by atoms with van der Waals surface area (Å²) >= 11 is 0. The topological polar surface area (TPSA) is 64.7 Å². The molecule has 1 unspecified atom stereocenters. The minimum Gasteiger partial charge on any atom is -0.486 e. The van der Waals surface area contributed by atoms with E-state index in [1.54, 1.807) is 0 Å². The predicted molar refractivity (Wildman–Crippen MR) is 65.4 cm³/mol. The largest absolute Gasteiger partial charge is 0.486 e. The lowest BCUT2D eigenvalue weighted by Gasteiger charge is -2.19. The zero-order chi connectivity index (χ0) is 12.1. The quantitative estimate of drug-likeness (QED) is 0.805. The Bertz CT molecular complexity index is 368. The highest BCUT2D eigenvalue weighted by molar-refractivity contribution is 5.43. The number of fused-ring (bicyclic) bond motifs is 1. The molecule has 4 heteroatoms. The molecule has 0 fully saturated rings. The highest BCUT2D eigenvalue weighted by Gasteiger charge is 2.11. The summed E-state index contributed by atoms with van der Waals surface area (Å²) in [6.07, 6.45) is 2.21. The zero-order valence-electron chi connectivity index (χ0n) is 9.89. The van der Waals surface area contributed by atoms with Crippen molar-refractivity contribution in [1.29, 1.82) is 0 Å². The summed E-state index contributed by atoms with van der Waals surface area (Å²) < 4.78 is 11.0. The molecule has 0 aliphatic carbocycles. The summed E-state index contributed by atoms with van der Waals surface area (Å²) in [6.45, 7) is 1.57. The molecule has 3 N–H and O–H groups in total. The summed E-state index contributed by atoms with van der Waals surface area (Å²) in [5, 5.41) is 9.36. The molecule has 1 atom stereocenters. The van der Waals surface area contributed by atoms with Gasteiger partial charge in [-0.05, 0) is 37.0 Å². The fourth-order valence-corrected chi connectivity index (χ4v) is 1.90. The van der Waals surface area contributed by atoms with E-state index in [1.165, 1.54) is 5.56 Å². The van der Waals surface area contributed by atoms with E-state index in [2.05, 4.69) is 0 Å². The Hall–Kier alpha value is -1.26. The first-order valence-electron chi connectivity index (χ1n) is 6.06. The molecular formula is C13H19NO3. The molecule has 1 aromatic rings. The van der Waals surface area contributed by atoms with Crippen molar-refractivity contribution in [2.75, 3.05) is 19.8 Å². The Labute approximate surface area is 101 Å². The van der Waals surface area contributed by atoms with Crippen molar-refractivity contribution in [3.8, 4) is 11.5 Å². The third-order valence-electron chi connectivity index (χ3n) is 2.88. The van der Waals surface area contributed by atoms with Gasteiger partial charge in [0, 0.05) is 6.54 Å². The molecular weight excluding hydrogens is 218 g/mol. The third-order valence-corrected chi connectivity index (χ3v) is 2.88. The van der Waals surface area contributed by atoms with Crippen molar-refractivity contribution in [2.24, 2.45) is 5.73 Å². The van der Waals surface area contributed by atoms with Gasteiger partial charge >= 0.3 is 0 Å². The van der Waals surface area contributed by atoms with Crippen LogP contribution in [-0.2, 0) is 6.42 Å². The molecule has 0 radical (unpaired) electrons. The molecule has 1 heterocycles. The highest BCUT2D eigenvalue weighted by Crippen LogP contribution is 2.31. The second-order valence-electron chi connectivity index (χ2n) is 4.26. The number of benzene rings is 1. The summed E-state index contributed by atoms with van der Waals surface area (Å²) in [5.41, 5.74) is 6.56. The van der Waals surface area contributed by atoms with Gasteiger partial charge in [0.25, 0.3) is 0 Å². The molecule has 0 amide bonds. The van der Waals surface area contributed by atoms with Crippen LogP contribution in [0.3, 0.4) is 0 Å². The normalized spacial score (nSPS) is 15.6. The van der Waals surface area contributed by atoms with Gasteiger partial charge in [-0.2, -0.15) is 0 Å². The van der Waals surface area contributed by atoms with Crippen LogP contribution in [0.1, 0.15) is 18.4 Å². The monoisotopic (exact) mass is 237 g/mol. The number of rotatable bonds is 5. The van der Waals surface area contributed by atoms with Crippen molar-refractivity contribution in [3.63, 3.8) is 0 Å². The van der Waals surface area contributed by atoms with E-state index < -0.39 is 0 Å². The Morgan fingerprint density at radius 2 is 2.00 bits per heavy atom. The van der Waals surface area contributed by atoms with Crippen LogP contribution < -0.4 is 15.2 Å². The Balaban J connectivity index is 1.89. The molecule has 1 aromatic carbocycles. The lowest BCUT2D eigenvalue weighted by Crippen LogP contribution is -2.19. The Kier molecular flexibility index (Phi) is 4.23. The van der Waals surface area contributed by atoms with Gasteiger partial charge in [-0.3, -0.25) is 0 Å². The molecule has 94 valence electrons. The lowest BCUT2D eigenvalue weighted by molar-refractivity contribution is 0.169. The van der Waals surface area contributed by atoms with Gasteiger partial charge in [0.2, 0.25) is 0 Å². The van der Waals surface area contributed by atoms with Crippen molar-refractivity contribution < 1.29 is 14.6 Å². The second-order valence-corrected chi connectivity index (χ2v) is 4.26. The third kappa shape index (κ3) is 3.35. The van der Waals surface area contributed by atoms with E-state index >= 15 is 0 Å². The lowest BCUT2D eigenvalue weighted by atomic mass is 10.1. The first kappa shape index (κ1) is 12.2. The van der Waals surface area contributed by atoms with Crippen LogP contribution in [0.4, 0.5) is 0 Å². The second kappa shape index (κ2) is 5.89. The van der Waals surface area contributed by atoms with Crippen LogP contribution in [0.2, 0.25) is 0 Å². The number of hydrogen-bond acceptors (Lipinski definition) is 4. The van der Waals surface area contributed by atoms with Gasteiger partial charge < -0.3 is 20.3 Å². The van der Waals surface area contributed by atoms with E-state index in [-0.39, 0.29) is 6.10 Å². The first-order valence-corrected chi connectivity index (χ1v) is 6.06. The van der Waals surface area contributed by atoms with E-state index in [4.69, 9.17) is 15.2 Å². The van der Waals surface area contributed by atoms with Crippen LogP contribution in [0.25, 0.3) is 0 Å². The minimum atomic E-state index is -0.382. The maximum atomic E-state index is 9.36. The number of aliphatic hydroxyl groups excluding tert-OH is 1. The zero-order valence-corrected chi connectivity index (χ0v) is 9.89. The minimum absolute atomic E-state index is 0.334. The number of ether oxygens (including phenoxy) is 2. The van der Waals surface area contributed by atoms with Gasteiger partial charge in [-0.1, -0.05) is 6.07 Å². The SMILES string of the molecule is NCC(O)CCCc1ccc2c(c1)OCCO2. The van der Waals surface area contributed by atoms with Crippen LogP contribution in [0, 0.1) is 0 Å². The molecule has 4 nitrogen and oxygen atoms in total. The average molecular weight is 237 g/mol. The highest BCUT2D eigenvalue weighted by atomic mass is 16.6. The smallest absolute Gasteiger partial charge is 0.161 e.